The number of carbonyl (C=O) groups excluding carboxylic acids is 1. The zero-order valence-corrected chi connectivity index (χ0v) is 13.4. The maximum atomic E-state index is 12.7. The topological polar surface area (TPSA) is 111 Å². The molecule has 1 amide bonds. The summed E-state index contributed by atoms with van der Waals surface area (Å²) in [7, 11) is 0. The van der Waals surface area contributed by atoms with E-state index in [4.69, 9.17) is 5.73 Å². The molecular weight excluding hydrogens is 310 g/mol. The van der Waals surface area contributed by atoms with Gasteiger partial charge in [-0.2, -0.15) is 0 Å². The maximum absolute atomic E-state index is 12.7. The number of hydrogen-bond acceptors (Lipinski definition) is 6. The lowest BCUT2D eigenvalue weighted by atomic mass is 10.3. The summed E-state index contributed by atoms with van der Waals surface area (Å²) in [5.41, 5.74) is 5.91. The highest BCUT2D eigenvalue weighted by molar-refractivity contribution is 5.85. The fourth-order valence-corrected chi connectivity index (χ4v) is 2.84. The van der Waals surface area contributed by atoms with Crippen molar-refractivity contribution >= 4 is 22.9 Å². The molecule has 0 radical (unpaired) electrons. The van der Waals surface area contributed by atoms with E-state index < -0.39 is 5.91 Å². The molecule has 9 nitrogen and oxygen atoms in total. The Balaban J connectivity index is 2.23. The van der Waals surface area contributed by atoms with E-state index in [0.717, 1.165) is 26.2 Å². The van der Waals surface area contributed by atoms with Gasteiger partial charge in [-0.05, 0) is 6.92 Å². The Morgan fingerprint density at radius 3 is 2.75 bits per heavy atom. The number of imidazole rings is 1. The van der Waals surface area contributed by atoms with Crippen LogP contribution in [-0.2, 0) is 17.9 Å². The maximum Gasteiger partial charge on any atom is 0.331 e. The van der Waals surface area contributed by atoms with E-state index >= 15 is 0 Å². The number of nitrogens with one attached hydrogen (secondary N) is 1. The molecule has 1 saturated heterocycles. The molecule has 2 aromatic heterocycles. The fourth-order valence-electron chi connectivity index (χ4n) is 2.84. The summed E-state index contributed by atoms with van der Waals surface area (Å²) < 4.78 is 2.79. The van der Waals surface area contributed by atoms with Crippen LogP contribution in [0.1, 0.15) is 6.92 Å². The predicted molar refractivity (Wildman–Crippen MR) is 89.5 cm³/mol. The van der Waals surface area contributed by atoms with Crippen molar-refractivity contribution < 1.29 is 4.79 Å². The van der Waals surface area contributed by atoms with Gasteiger partial charge in [-0.15, -0.1) is 5.92 Å². The zero-order valence-electron chi connectivity index (χ0n) is 13.4. The van der Waals surface area contributed by atoms with Crippen LogP contribution >= 0.6 is 0 Å². The van der Waals surface area contributed by atoms with Crippen molar-refractivity contribution in [1.29, 1.82) is 0 Å². The normalized spacial score (nSPS) is 14.5. The summed E-state index contributed by atoms with van der Waals surface area (Å²) in [6, 6.07) is 0. The minimum Gasteiger partial charge on any atom is -0.368 e. The van der Waals surface area contributed by atoms with Gasteiger partial charge in [0.05, 0.1) is 6.54 Å². The number of carbonyl (C=O) groups is 1. The second kappa shape index (κ2) is 6.72. The lowest BCUT2D eigenvalue weighted by molar-refractivity contribution is -0.118. The molecule has 0 aliphatic carbocycles. The molecule has 0 unspecified atom stereocenters. The molecule has 24 heavy (non-hydrogen) atoms. The van der Waals surface area contributed by atoms with Crippen LogP contribution in [0.2, 0.25) is 0 Å². The van der Waals surface area contributed by atoms with Gasteiger partial charge < -0.3 is 16.0 Å². The molecule has 1 fully saturated rings. The van der Waals surface area contributed by atoms with Gasteiger partial charge >= 0.3 is 5.69 Å². The Hall–Kier alpha value is -2.86. The van der Waals surface area contributed by atoms with Crippen LogP contribution in [0.5, 0.6) is 0 Å². The molecule has 126 valence electrons. The number of rotatable bonds is 4. The third-order valence-electron chi connectivity index (χ3n) is 3.92. The van der Waals surface area contributed by atoms with Crippen LogP contribution in [0.25, 0.3) is 11.2 Å². The lowest BCUT2D eigenvalue weighted by Gasteiger charge is -2.28. The third kappa shape index (κ3) is 2.83. The van der Waals surface area contributed by atoms with E-state index in [-0.39, 0.29) is 18.8 Å². The Bertz CT molecular complexity index is 881. The standard InChI is InChI=1S/C15H19N7O2/c1-2-3-6-21-12-13(20-7-4-17-5-8-20)18-10-19-14(12)22(15(21)24)9-11(16)23/h10,17H,4-9H2,1H3,(H2,16,23). The molecule has 0 saturated carbocycles. The summed E-state index contributed by atoms with van der Waals surface area (Å²) >= 11 is 0. The average molecular weight is 329 g/mol. The number of primary amides is 1. The third-order valence-corrected chi connectivity index (χ3v) is 3.92. The molecule has 3 N–H and O–H groups in total. The Morgan fingerprint density at radius 1 is 1.33 bits per heavy atom. The first-order valence-electron chi connectivity index (χ1n) is 7.71. The molecule has 0 bridgehead atoms. The second-order valence-corrected chi connectivity index (χ2v) is 5.45. The van der Waals surface area contributed by atoms with Crippen molar-refractivity contribution in [1.82, 2.24) is 24.4 Å². The minimum atomic E-state index is -0.597. The van der Waals surface area contributed by atoms with E-state index in [1.54, 1.807) is 6.92 Å². The van der Waals surface area contributed by atoms with Crippen molar-refractivity contribution in [3.63, 3.8) is 0 Å². The van der Waals surface area contributed by atoms with E-state index in [2.05, 4.69) is 32.0 Å². The first-order valence-corrected chi connectivity index (χ1v) is 7.71. The van der Waals surface area contributed by atoms with Crippen LogP contribution in [0.15, 0.2) is 11.1 Å². The van der Waals surface area contributed by atoms with Crippen molar-refractivity contribution in [3.05, 3.63) is 16.8 Å². The summed E-state index contributed by atoms with van der Waals surface area (Å²) in [6.07, 6.45) is 1.41. The number of anilines is 1. The molecule has 3 rings (SSSR count). The summed E-state index contributed by atoms with van der Waals surface area (Å²) in [6.45, 7) is 4.94. The molecule has 0 spiro atoms. The summed E-state index contributed by atoms with van der Waals surface area (Å²) in [5, 5.41) is 3.28. The lowest BCUT2D eigenvalue weighted by Crippen LogP contribution is -2.44. The van der Waals surface area contributed by atoms with Crippen molar-refractivity contribution in [2.75, 3.05) is 31.1 Å². The second-order valence-electron chi connectivity index (χ2n) is 5.45. The number of fused-ring (bicyclic) bond motifs is 1. The number of piperazine rings is 1. The van der Waals surface area contributed by atoms with E-state index in [1.807, 2.05) is 0 Å². The van der Waals surface area contributed by atoms with Crippen molar-refractivity contribution in [3.8, 4) is 11.8 Å². The Labute approximate surface area is 138 Å². The molecule has 1 aliphatic rings. The van der Waals surface area contributed by atoms with Gasteiger partial charge in [0.15, 0.2) is 11.5 Å². The SMILES string of the molecule is CC#CCn1c(=O)n(CC(N)=O)c2ncnc(N3CCNCC3)c21. The van der Waals surface area contributed by atoms with Crippen LogP contribution in [0.4, 0.5) is 5.82 Å². The van der Waals surface area contributed by atoms with E-state index in [0.29, 0.717) is 17.0 Å². The minimum absolute atomic E-state index is 0.212. The van der Waals surface area contributed by atoms with Gasteiger partial charge in [-0.1, -0.05) is 5.92 Å². The summed E-state index contributed by atoms with van der Waals surface area (Å²) in [5.74, 6) is 5.76. The van der Waals surface area contributed by atoms with Crippen LogP contribution < -0.4 is 21.6 Å². The van der Waals surface area contributed by atoms with E-state index in [9.17, 15) is 9.59 Å². The van der Waals surface area contributed by atoms with Gasteiger partial charge in [0.2, 0.25) is 5.91 Å². The first-order chi connectivity index (χ1) is 11.6. The average Bonchev–Trinajstić information content (AvgIpc) is 2.85. The van der Waals surface area contributed by atoms with Gasteiger partial charge in [-0.25, -0.2) is 14.8 Å². The van der Waals surface area contributed by atoms with Gasteiger partial charge in [0.25, 0.3) is 0 Å². The van der Waals surface area contributed by atoms with Gasteiger partial charge in [0.1, 0.15) is 18.4 Å². The molecule has 9 heteroatoms. The van der Waals surface area contributed by atoms with Crippen molar-refractivity contribution in [2.45, 2.75) is 20.0 Å². The highest BCUT2D eigenvalue weighted by atomic mass is 16.2. The van der Waals surface area contributed by atoms with Gasteiger partial charge in [-0.3, -0.25) is 13.9 Å². The monoisotopic (exact) mass is 329 g/mol. The molecular formula is C15H19N7O2. The zero-order chi connectivity index (χ0) is 17.1. The van der Waals surface area contributed by atoms with Crippen LogP contribution in [0, 0.1) is 11.8 Å². The first kappa shape index (κ1) is 16.0. The highest BCUT2D eigenvalue weighted by Gasteiger charge is 2.23. The number of nitrogens with zero attached hydrogens (tertiary/aromatic N) is 5. The number of aromatic nitrogens is 4. The molecule has 0 atom stereocenters. The highest BCUT2D eigenvalue weighted by Crippen LogP contribution is 2.22. The van der Waals surface area contributed by atoms with Crippen molar-refractivity contribution in [2.24, 2.45) is 5.73 Å². The molecule has 1 aliphatic heterocycles. The number of hydrogen-bond donors (Lipinski definition) is 2. The molecule has 0 aromatic carbocycles. The quantitative estimate of drug-likeness (QED) is 0.661. The summed E-state index contributed by atoms with van der Waals surface area (Å²) in [4.78, 5) is 34.8. The number of amides is 1. The smallest absolute Gasteiger partial charge is 0.331 e. The molecule has 3 heterocycles. The van der Waals surface area contributed by atoms with Gasteiger partial charge in [0, 0.05) is 26.2 Å². The largest absolute Gasteiger partial charge is 0.368 e. The Kier molecular flexibility index (Phi) is 4.48. The Morgan fingerprint density at radius 2 is 2.08 bits per heavy atom. The van der Waals surface area contributed by atoms with Crippen LogP contribution in [-0.4, -0.2) is 51.2 Å². The fraction of sp³-hybridized carbons (Fsp3) is 0.467. The van der Waals surface area contributed by atoms with E-state index in [1.165, 1.54) is 15.5 Å². The predicted octanol–water partition coefficient (Wildman–Crippen LogP) is -1.49. The van der Waals surface area contributed by atoms with Crippen LogP contribution in [0.3, 0.4) is 0 Å². The molecule has 2 aromatic rings. The number of nitrogens with two attached hydrogens (primary N) is 1.